The molecule has 0 saturated heterocycles. The van der Waals surface area contributed by atoms with E-state index in [0.717, 1.165) is 32.1 Å². The fraction of sp³-hybridized carbons (Fsp3) is 0.462. The summed E-state index contributed by atoms with van der Waals surface area (Å²) < 4.78 is 4.69. The molecule has 3 rings (SSSR count). The van der Waals surface area contributed by atoms with Gasteiger partial charge in [-0.25, -0.2) is 0 Å². The van der Waals surface area contributed by atoms with Crippen molar-refractivity contribution in [1.29, 1.82) is 0 Å². The molecular weight excluding hydrogens is 390 g/mol. The van der Waals surface area contributed by atoms with E-state index in [4.69, 9.17) is 5.73 Å². The van der Waals surface area contributed by atoms with Crippen LogP contribution in [0, 0.1) is 5.41 Å². The van der Waals surface area contributed by atoms with E-state index in [1.165, 1.54) is 29.4 Å². The molecule has 1 aliphatic rings. The van der Waals surface area contributed by atoms with E-state index < -0.39 is 17.4 Å². The number of esters is 1. The molecular formula is C26H35NO4. The van der Waals surface area contributed by atoms with E-state index >= 15 is 0 Å². The van der Waals surface area contributed by atoms with Crippen LogP contribution in [0.3, 0.4) is 0 Å². The lowest BCUT2D eigenvalue weighted by atomic mass is 9.78. The molecule has 0 bridgehead atoms. The van der Waals surface area contributed by atoms with Crippen molar-refractivity contribution in [3.63, 3.8) is 0 Å². The molecule has 1 aliphatic carbocycles. The lowest BCUT2D eigenvalue weighted by Gasteiger charge is -2.26. The monoisotopic (exact) mass is 425 g/mol. The lowest BCUT2D eigenvalue weighted by molar-refractivity contribution is -0.168. The first-order valence-electron chi connectivity index (χ1n) is 11.2. The van der Waals surface area contributed by atoms with Crippen molar-refractivity contribution in [2.75, 3.05) is 13.7 Å². The highest BCUT2D eigenvalue weighted by molar-refractivity contribution is 5.99. The Bertz CT molecular complexity index is 808. The fourth-order valence-corrected chi connectivity index (χ4v) is 4.15. The van der Waals surface area contributed by atoms with E-state index in [0.29, 0.717) is 25.8 Å². The van der Waals surface area contributed by atoms with Crippen molar-refractivity contribution in [3.8, 4) is 11.1 Å². The SMILES string of the molecule is CCCCCC(CCCCN)(C(=O)O)C(=O)OC.c1ccc2c(c1)Cc1ccccc1-2. The Labute approximate surface area is 185 Å². The van der Waals surface area contributed by atoms with Crippen molar-refractivity contribution in [2.45, 2.75) is 58.3 Å². The molecule has 0 amide bonds. The van der Waals surface area contributed by atoms with Crippen LogP contribution in [0.4, 0.5) is 0 Å². The van der Waals surface area contributed by atoms with E-state index in [-0.39, 0.29) is 0 Å². The molecule has 0 aromatic heterocycles. The molecule has 0 fully saturated rings. The van der Waals surface area contributed by atoms with Gasteiger partial charge >= 0.3 is 11.9 Å². The van der Waals surface area contributed by atoms with Crippen molar-refractivity contribution >= 4 is 11.9 Å². The first-order valence-corrected chi connectivity index (χ1v) is 11.2. The molecule has 31 heavy (non-hydrogen) atoms. The van der Waals surface area contributed by atoms with Gasteiger partial charge in [0.05, 0.1) is 7.11 Å². The third-order valence-corrected chi connectivity index (χ3v) is 5.96. The predicted octanol–water partition coefficient (Wildman–Crippen LogP) is 5.20. The van der Waals surface area contributed by atoms with Crippen LogP contribution in [-0.4, -0.2) is 30.7 Å². The number of rotatable bonds is 10. The molecule has 0 saturated carbocycles. The summed E-state index contributed by atoms with van der Waals surface area (Å²) in [7, 11) is 1.24. The number of ether oxygens (including phenoxy) is 1. The molecule has 168 valence electrons. The minimum Gasteiger partial charge on any atom is -0.480 e. The summed E-state index contributed by atoms with van der Waals surface area (Å²) in [5, 5.41) is 9.39. The first kappa shape index (κ1) is 24.6. The van der Waals surface area contributed by atoms with E-state index in [2.05, 4.69) is 53.3 Å². The maximum Gasteiger partial charge on any atom is 0.323 e. The number of carboxylic acid groups (broad SMARTS) is 1. The molecule has 3 N–H and O–H groups in total. The second kappa shape index (κ2) is 12.3. The second-order valence-corrected chi connectivity index (χ2v) is 8.07. The maximum atomic E-state index is 11.8. The molecule has 2 aromatic rings. The zero-order valence-electron chi connectivity index (χ0n) is 18.7. The molecule has 0 aliphatic heterocycles. The number of benzene rings is 2. The van der Waals surface area contributed by atoms with Crippen LogP contribution in [0.1, 0.15) is 63.0 Å². The van der Waals surface area contributed by atoms with Gasteiger partial charge in [-0.05, 0) is 54.5 Å². The highest BCUT2D eigenvalue weighted by atomic mass is 16.5. The van der Waals surface area contributed by atoms with Gasteiger partial charge in [-0.15, -0.1) is 0 Å². The lowest BCUT2D eigenvalue weighted by Crippen LogP contribution is -2.40. The van der Waals surface area contributed by atoms with Gasteiger partial charge in [0.15, 0.2) is 5.41 Å². The molecule has 5 nitrogen and oxygen atoms in total. The van der Waals surface area contributed by atoms with Gasteiger partial charge in [0.1, 0.15) is 0 Å². The number of methoxy groups -OCH3 is 1. The Kier molecular flexibility index (Phi) is 9.73. The number of unbranched alkanes of at least 4 members (excludes halogenated alkanes) is 3. The summed E-state index contributed by atoms with van der Waals surface area (Å²) in [6.07, 6.45) is 5.72. The molecule has 1 atom stereocenters. The van der Waals surface area contributed by atoms with Gasteiger partial charge < -0.3 is 15.6 Å². The third-order valence-electron chi connectivity index (χ3n) is 5.96. The largest absolute Gasteiger partial charge is 0.480 e. The average Bonchev–Trinajstić information content (AvgIpc) is 3.17. The Hall–Kier alpha value is -2.66. The van der Waals surface area contributed by atoms with E-state index in [9.17, 15) is 14.7 Å². The minimum atomic E-state index is -1.39. The number of aliphatic carboxylic acids is 1. The summed E-state index contributed by atoms with van der Waals surface area (Å²) in [6, 6.07) is 17.3. The molecule has 0 radical (unpaired) electrons. The van der Waals surface area contributed by atoms with Gasteiger partial charge in [0, 0.05) is 0 Å². The quantitative estimate of drug-likeness (QED) is 0.265. The third kappa shape index (κ3) is 6.17. The van der Waals surface area contributed by atoms with Crippen molar-refractivity contribution in [1.82, 2.24) is 0 Å². The van der Waals surface area contributed by atoms with Crippen LogP contribution in [0.2, 0.25) is 0 Å². The van der Waals surface area contributed by atoms with Crippen LogP contribution in [0.25, 0.3) is 11.1 Å². The average molecular weight is 426 g/mol. The fourth-order valence-electron chi connectivity index (χ4n) is 4.15. The van der Waals surface area contributed by atoms with E-state index in [1.54, 1.807) is 0 Å². The van der Waals surface area contributed by atoms with Crippen LogP contribution >= 0.6 is 0 Å². The Balaban J connectivity index is 0.000000228. The number of fused-ring (bicyclic) bond motifs is 3. The smallest absolute Gasteiger partial charge is 0.323 e. The second-order valence-electron chi connectivity index (χ2n) is 8.07. The summed E-state index contributed by atoms with van der Waals surface area (Å²) in [6.45, 7) is 2.54. The van der Waals surface area contributed by atoms with Crippen molar-refractivity contribution < 1.29 is 19.4 Å². The number of carbonyl (C=O) groups excluding carboxylic acids is 1. The van der Waals surface area contributed by atoms with Crippen molar-refractivity contribution in [3.05, 3.63) is 59.7 Å². The zero-order chi connectivity index (χ0) is 22.7. The van der Waals surface area contributed by atoms with Gasteiger partial charge in [0.25, 0.3) is 0 Å². The van der Waals surface area contributed by atoms with Gasteiger partial charge in [-0.2, -0.15) is 0 Å². The van der Waals surface area contributed by atoms with Crippen LogP contribution in [0.5, 0.6) is 0 Å². The molecule has 0 heterocycles. The number of carboxylic acids is 1. The summed E-state index contributed by atoms with van der Waals surface area (Å²) >= 11 is 0. The molecule has 0 spiro atoms. The standard InChI is InChI=1S/C13H25NO4.C13H10/c1-3-4-5-8-13(11(15)16,12(17)18-2)9-6-7-10-14;1-3-7-12-10(5-1)9-11-6-2-4-8-13(11)12/h3-10,14H2,1-2H3,(H,15,16);1-8H,9H2. The highest BCUT2D eigenvalue weighted by Gasteiger charge is 2.46. The molecule has 5 heteroatoms. The van der Waals surface area contributed by atoms with Gasteiger partial charge in [0.2, 0.25) is 0 Å². The summed E-state index contributed by atoms with van der Waals surface area (Å²) in [5.74, 6) is -1.72. The summed E-state index contributed by atoms with van der Waals surface area (Å²) in [5.41, 5.74) is 9.76. The van der Waals surface area contributed by atoms with Gasteiger partial charge in [-0.3, -0.25) is 9.59 Å². The van der Waals surface area contributed by atoms with Crippen LogP contribution in [0.15, 0.2) is 48.5 Å². The topological polar surface area (TPSA) is 89.6 Å². The predicted molar refractivity (Wildman–Crippen MR) is 124 cm³/mol. The number of carbonyl (C=O) groups is 2. The molecule has 1 unspecified atom stereocenters. The number of hydrogen-bond donors (Lipinski definition) is 2. The van der Waals surface area contributed by atoms with Crippen molar-refractivity contribution in [2.24, 2.45) is 11.1 Å². The zero-order valence-corrected chi connectivity index (χ0v) is 18.7. The normalized spacial score (nSPS) is 13.3. The Morgan fingerprint density at radius 3 is 1.90 bits per heavy atom. The van der Waals surface area contributed by atoms with E-state index in [1.807, 2.05) is 6.92 Å². The number of nitrogens with two attached hydrogens (primary N) is 1. The van der Waals surface area contributed by atoms with Crippen LogP contribution < -0.4 is 5.73 Å². The first-order chi connectivity index (χ1) is 15.0. The number of hydrogen-bond acceptors (Lipinski definition) is 4. The Morgan fingerprint density at radius 1 is 0.935 bits per heavy atom. The summed E-state index contributed by atoms with van der Waals surface area (Å²) in [4.78, 5) is 23.3. The Morgan fingerprint density at radius 2 is 1.45 bits per heavy atom. The van der Waals surface area contributed by atoms with Gasteiger partial charge in [-0.1, -0.05) is 81.1 Å². The maximum absolute atomic E-state index is 11.8. The van der Waals surface area contributed by atoms with Crippen LogP contribution in [-0.2, 0) is 20.7 Å². The molecule has 2 aromatic carbocycles. The highest BCUT2D eigenvalue weighted by Crippen LogP contribution is 2.36. The minimum absolute atomic E-state index is 0.302.